The molecule has 2 aromatic carbocycles. The maximum Gasteiger partial charge on any atom is 0.123 e. The van der Waals surface area contributed by atoms with Crippen LogP contribution < -0.4 is 10.5 Å². The van der Waals surface area contributed by atoms with E-state index in [1.165, 1.54) is 54.3 Å². The van der Waals surface area contributed by atoms with Crippen LogP contribution in [0, 0.1) is 0 Å². The van der Waals surface area contributed by atoms with E-state index in [9.17, 15) is 0 Å². The van der Waals surface area contributed by atoms with Gasteiger partial charge in [-0.15, -0.1) is 11.3 Å². The Balaban J connectivity index is 0.000000551. The summed E-state index contributed by atoms with van der Waals surface area (Å²) in [6.07, 6.45) is 7.15. The van der Waals surface area contributed by atoms with Crippen molar-refractivity contribution >= 4 is 11.3 Å². The summed E-state index contributed by atoms with van der Waals surface area (Å²) in [5.41, 5.74) is 10.1. The number of hydrogen-bond donors (Lipinski definition) is 1. The third-order valence-corrected chi connectivity index (χ3v) is 5.47. The molecule has 0 atom stereocenters. The van der Waals surface area contributed by atoms with Crippen LogP contribution in [0.1, 0.15) is 51.7 Å². The van der Waals surface area contributed by atoms with Gasteiger partial charge in [0.25, 0.3) is 0 Å². The molecule has 3 nitrogen and oxygen atoms in total. The highest BCUT2D eigenvalue weighted by Gasteiger charge is 2.17. The average molecular weight is 411 g/mol. The predicted molar refractivity (Wildman–Crippen MR) is 127 cm³/mol. The Morgan fingerprint density at radius 3 is 2.38 bits per heavy atom. The molecule has 0 saturated heterocycles. The lowest BCUT2D eigenvalue weighted by Crippen LogP contribution is -2.05. The standard InChI is InChI=1S/C21H21NOS.C3H8.CH5N/c1-14(2)23-17-11-9-16(10-12-17)21-22-13-20(24-21)19-8-4-6-15-5-3-7-18(15)19;1-3-2;1-2/h4,6,8-14H,3,5,7H2,1-2H3;3H2,1-2H3;2H2,1H3. The maximum absolute atomic E-state index is 5.71. The molecule has 1 aliphatic rings. The number of nitrogens with zero attached hydrogens (tertiary/aromatic N) is 1. The van der Waals surface area contributed by atoms with E-state index in [1.54, 1.807) is 11.3 Å². The zero-order chi connectivity index (χ0) is 21.2. The van der Waals surface area contributed by atoms with Gasteiger partial charge in [0, 0.05) is 11.8 Å². The number of fused-ring (bicyclic) bond motifs is 1. The smallest absolute Gasteiger partial charge is 0.123 e. The average Bonchev–Trinajstić information content (AvgIpc) is 3.40. The minimum absolute atomic E-state index is 0.197. The molecule has 1 heterocycles. The van der Waals surface area contributed by atoms with E-state index in [-0.39, 0.29) is 6.10 Å². The summed E-state index contributed by atoms with van der Waals surface area (Å²) in [5, 5.41) is 1.07. The van der Waals surface area contributed by atoms with Crippen LogP contribution in [0.2, 0.25) is 0 Å². The Bertz CT molecular complexity index is 869. The van der Waals surface area contributed by atoms with E-state index in [0.717, 1.165) is 16.3 Å². The van der Waals surface area contributed by atoms with Gasteiger partial charge in [-0.05, 0) is 81.1 Å². The Morgan fingerprint density at radius 1 is 1.03 bits per heavy atom. The summed E-state index contributed by atoms with van der Waals surface area (Å²) in [6, 6.07) is 14.9. The van der Waals surface area contributed by atoms with Crippen LogP contribution >= 0.6 is 11.3 Å². The number of nitrogens with two attached hydrogens (primary N) is 1. The topological polar surface area (TPSA) is 48.1 Å². The zero-order valence-electron chi connectivity index (χ0n) is 18.4. The van der Waals surface area contributed by atoms with Crippen molar-refractivity contribution in [3.05, 3.63) is 59.8 Å². The van der Waals surface area contributed by atoms with Gasteiger partial charge in [0.1, 0.15) is 10.8 Å². The summed E-state index contributed by atoms with van der Waals surface area (Å²) >= 11 is 1.77. The number of benzene rings is 2. The largest absolute Gasteiger partial charge is 0.491 e. The van der Waals surface area contributed by atoms with Gasteiger partial charge in [0.15, 0.2) is 0 Å². The van der Waals surface area contributed by atoms with Crippen LogP contribution in [-0.4, -0.2) is 18.1 Å². The fraction of sp³-hybridized carbons (Fsp3) is 0.400. The number of ether oxygens (including phenoxy) is 1. The Labute approximate surface area is 180 Å². The van der Waals surface area contributed by atoms with Gasteiger partial charge < -0.3 is 10.5 Å². The number of aromatic nitrogens is 1. The van der Waals surface area contributed by atoms with E-state index < -0.39 is 0 Å². The molecule has 0 amide bonds. The van der Waals surface area contributed by atoms with Crippen molar-refractivity contribution in [2.75, 3.05) is 7.05 Å². The molecular weight excluding hydrogens is 376 g/mol. The second-order valence-corrected chi connectivity index (χ2v) is 8.26. The van der Waals surface area contributed by atoms with Crippen molar-refractivity contribution in [3.63, 3.8) is 0 Å². The monoisotopic (exact) mass is 410 g/mol. The van der Waals surface area contributed by atoms with Gasteiger partial charge in [0.2, 0.25) is 0 Å². The maximum atomic E-state index is 5.71. The fourth-order valence-electron chi connectivity index (χ4n) is 3.33. The zero-order valence-corrected chi connectivity index (χ0v) is 19.2. The minimum atomic E-state index is 0.197. The third-order valence-electron chi connectivity index (χ3n) is 4.39. The first-order valence-electron chi connectivity index (χ1n) is 10.5. The lowest BCUT2D eigenvalue weighted by Gasteiger charge is -2.09. The van der Waals surface area contributed by atoms with Gasteiger partial charge in [-0.1, -0.05) is 38.5 Å². The lowest BCUT2D eigenvalue weighted by molar-refractivity contribution is 0.242. The highest BCUT2D eigenvalue weighted by Crippen LogP contribution is 2.37. The second kappa shape index (κ2) is 11.7. The molecule has 1 aliphatic carbocycles. The van der Waals surface area contributed by atoms with Crippen LogP contribution in [0.5, 0.6) is 5.75 Å². The molecule has 0 aliphatic heterocycles. The van der Waals surface area contributed by atoms with Crippen LogP contribution in [0.25, 0.3) is 21.0 Å². The van der Waals surface area contributed by atoms with Crippen molar-refractivity contribution in [1.82, 2.24) is 4.98 Å². The molecule has 4 heteroatoms. The lowest BCUT2D eigenvalue weighted by atomic mass is 10.0. The molecule has 29 heavy (non-hydrogen) atoms. The first-order valence-corrected chi connectivity index (χ1v) is 11.4. The Morgan fingerprint density at radius 2 is 1.72 bits per heavy atom. The van der Waals surface area contributed by atoms with Crippen LogP contribution in [0.4, 0.5) is 0 Å². The molecule has 2 N–H and O–H groups in total. The quantitative estimate of drug-likeness (QED) is 0.518. The SMILES string of the molecule is CC(C)Oc1ccc(-c2ncc(-c3cccc4c3CCC4)s2)cc1.CCC.CN. The normalized spacial score (nSPS) is 11.8. The minimum Gasteiger partial charge on any atom is -0.491 e. The van der Waals surface area contributed by atoms with Crippen molar-refractivity contribution in [2.24, 2.45) is 5.73 Å². The number of rotatable bonds is 4. The van der Waals surface area contributed by atoms with E-state index >= 15 is 0 Å². The molecule has 0 bridgehead atoms. The fourth-order valence-corrected chi connectivity index (χ4v) is 4.31. The molecule has 0 fully saturated rings. The Hall–Kier alpha value is -2.17. The van der Waals surface area contributed by atoms with Gasteiger partial charge in [-0.3, -0.25) is 0 Å². The van der Waals surface area contributed by atoms with Crippen molar-refractivity contribution in [3.8, 4) is 26.8 Å². The molecule has 0 saturated carbocycles. The van der Waals surface area contributed by atoms with E-state index in [0.29, 0.717) is 0 Å². The molecule has 3 aromatic rings. The van der Waals surface area contributed by atoms with E-state index in [2.05, 4.69) is 54.9 Å². The van der Waals surface area contributed by atoms with Crippen molar-refractivity contribution in [2.45, 2.75) is 59.5 Å². The van der Waals surface area contributed by atoms with Gasteiger partial charge in [-0.2, -0.15) is 0 Å². The molecule has 1 aromatic heterocycles. The summed E-state index contributed by atoms with van der Waals surface area (Å²) in [5.74, 6) is 0.909. The van der Waals surface area contributed by atoms with E-state index in [4.69, 9.17) is 4.74 Å². The highest BCUT2D eigenvalue weighted by molar-refractivity contribution is 7.18. The first-order chi connectivity index (χ1) is 14.1. The third kappa shape index (κ3) is 6.15. The van der Waals surface area contributed by atoms with Crippen molar-refractivity contribution < 1.29 is 4.74 Å². The van der Waals surface area contributed by atoms with Gasteiger partial charge in [-0.25, -0.2) is 4.98 Å². The number of thiazole rings is 1. The first kappa shape index (κ1) is 23.1. The number of hydrogen-bond acceptors (Lipinski definition) is 4. The summed E-state index contributed by atoms with van der Waals surface area (Å²) in [4.78, 5) is 5.93. The molecule has 0 radical (unpaired) electrons. The second-order valence-electron chi connectivity index (χ2n) is 7.22. The molecule has 156 valence electrons. The van der Waals surface area contributed by atoms with Crippen LogP contribution in [0.15, 0.2) is 48.7 Å². The molecule has 0 spiro atoms. The van der Waals surface area contributed by atoms with Crippen LogP contribution in [0.3, 0.4) is 0 Å². The highest BCUT2D eigenvalue weighted by atomic mass is 32.1. The summed E-state index contributed by atoms with van der Waals surface area (Å²) in [6.45, 7) is 8.33. The number of aryl methyl sites for hydroxylation is 1. The molecular formula is C25H34N2OS. The summed E-state index contributed by atoms with van der Waals surface area (Å²) < 4.78 is 5.71. The molecule has 0 unspecified atom stereocenters. The van der Waals surface area contributed by atoms with Crippen LogP contribution in [-0.2, 0) is 12.8 Å². The molecule has 4 rings (SSSR count). The Kier molecular flexibility index (Phi) is 9.36. The summed E-state index contributed by atoms with van der Waals surface area (Å²) in [7, 11) is 1.50. The van der Waals surface area contributed by atoms with E-state index in [1.807, 2.05) is 32.2 Å². The van der Waals surface area contributed by atoms with Crippen molar-refractivity contribution in [1.29, 1.82) is 0 Å². The van der Waals surface area contributed by atoms with Gasteiger partial charge in [0.05, 0.1) is 11.0 Å². The van der Waals surface area contributed by atoms with Gasteiger partial charge >= 0.3 is 0 Å². The predicted octanol–water partition coefficient (Wildman–Crippen LogP) is 6.74.